The summed E-state index contributed by atoms with van der Waals surface area (Å²) in [5.41, 5.74) is 4.15. The molecule has 1 amide bonds. The third kappa shape index (κ3) is 3.37. The van der Waals surface area contributed by atoms with Crippen molar-refractivity contribution >= 4 is 35.0 Å². The van der Waals surface area contributed by atoms with Gasteiger partial charge in [0, 0.05) is 31.2 Å². The molecule has 132 valence electrons. The topological polar surface area (TPSA) is 38.1 Å². The summed E-state index contributed by atoms with van der Waals surface area (Å²) in [7, 11) is 2.01. The van der Waals surface area contributed by atoms with Crippen molar-refractivity contribution in [3.8, 4) is 0 Å². The van der Waals surface area contributed by atoms with Gasteiger partial charge in [0.2, 0.25) is 5.91 Å². The van der Waals surface area contributed by atoms with Crippen molar-refractivity contribution in [3.05, 3.63) is 59.2 Å². The van der Waals surface area contributed by atoms with E-state index in [1.165, 1.54) is 19.1 Å². The number of rotatable bonds is 3. The molecule has 0 aliphatic carbocycles. The molecule has 0 fully saturated rings. The minimum absolute atomic E-state index is 0. The predicted octanol–water partition coefficient (Wildman–Crippen LogP) is 4.30. The van der Waals surface area contributed by atoms with Crippen molar-refractivity contribution in [2.24, 2.45) is 7.05 Å². The maximum Gasteiger partial charge on any atom is 0.225 e. The van der Waals surface area contributed by atoms with E-state index in [1.807, 2.05) is 20.0 Å². The van der Waals surface area contributed by atoms with Gasteiger partial charge in [0.25, 0.3) is 0 Å². The maximum absolute atomic E-state index is 13.1. The molecule has 0 aliphatic heterocycles. The minimum Gasteiger partial charge on any atom is -0.348 e. The summed E-state index contributed by atoms with van der Waals surface area (Å²) in [6.07, 6.45) is 1.72. The molecule has 0 spiro atoms. The summed E-state index contributed by atoms with van der Waals surface area (Å²) < 4.78 is 15.2. The van der Waals surface area contributed by atoms with Gasteiger partial charge < -0.3 is 4.57 Å². The standard InChI is InChI=1S/C19H20FN3O.ClH/c1-12-13(2)22(4)17-9-10-21-19(18(12)17)23(14(3)24)11-15-5-7-16(20)8-6-15;/h5-10H,11H2,1-4H3;1H. The average molecular weight is 362 g/mol. The molecule has 0 unspecified atom stereocenters. The van der Waals surface area contributed by atoms with E-state index < -0.39 is 0 Å². The molecule has 1 aromatic carbocycles. The molecular weight excluding hydrogens is 341 g/mol. The molecule has 25 heavy (non-hydrogen) atoms. The third-order valence-corrected chi connectivity index (χ3v) is 4.58. The molecule has 3 rings (SSSR count). The van der Waals surface area contributed by atoms with Gasteiger partial charge in [-0.15, -0.1) is 12.4 Å². The van der Waals surface area contributed by atoms with Crippen LogP contribution < -0.4 is 4.90 Å². The number of benzene rings is 1. The van der Waals surface area contributed by atoms with Crippen LogP contribution in [0.15, 0.2) is 36.5 Å². The Labute approximate surface area is 152 Å². The summed E-state index contributed by atoms with van der Waals surface area (Å²) in [6, 6.07) is 8.14. The van der Waals surface area contributed by atoms with E-state index in [2.05, 4.69) is 16.5 Å². The van der Waals surface area contributed by atoms with Gasteiger partial charge in [-0.1, -0.05) is 12.1 Å². The molecule has 4 nitrogen and oxygen atoms in total. The van der Waals surface area contributed by atoms with Crippen LogP contribution in [0.5, 0.6) is 0 Å². The first-order valence-corrected chi connectivity index (χ1v) is 7.83. The third-order valence-electron chi connectivity index (χ3n) is 4.58. The van der Waals surface area contributed by atoms with Crippen LogP contribution >= 0.6 is 12.4 Å². The van der Waals surface area contributed by atoms with E-state index in [9.17, 15) is 9.18 Å². The molecule has 0 bridgehead atoms. The van der Waals surface area contributed by atoms with E-state index in [4.69, 9.17) is 0 Å². The van der Waals surface area contributed by atoms with Crippen LogP contribution in [0.25, 0.3) is 10.9 Å². The fraction of sp³-hybridized carbons (Fsp3) is 0.263. The molecule has 0 atom stereocenters. The molecule has 2 aromatic heterocycles. The van der Waals surface area contributed by atoms with Crippen LogP contribution in [0, 0.1) is 19.7 Å². The van der Waals surface area contributed by atoms with Crippen molar-refractivity contribution in [1.29, 1.82) is 0 Å². The van der Waals surface area contributed by atoms with Crippen molar-refractivity contribution in [1.82, 2.24) is 9.55 Å². The Bertz CT molecular complexity index is 919. The number of hydrogen-bond acceptors (Lipinski definition) is 2. The Morgan fingerprint density at radius 3 is 2.44 bits per heavy atom. The van der Waals surface area contributed by atoms with Gasteiger partial charge in [-0.25, -0.2) is 9.37 Å². The van der Waals surface area contributed by atoms with Crippen LogP contribution in [0.4, 0.5) is 10.2 Å². The molecular formula is C19H21ClFN3O. The molecule has 2 heterocycles. The van der Waals surface area contributed by atoms with Crippen molar-refractivity contribution in [2.75, 3.05) is 4.90 Å². The number of pyridine rings is 1. The van der Waals surface area contributed by atoms with E-state index in [0.29, 0.717) is 12.4 Å². The first kappa shape index (κ1) is 18.9. The number of halogens is 2. The number of anilines is 1. The molecule has 3 aromatic rings. The Morgan fingerprint density at radius 1 is 1.20 bits per heavy atom. The number of hydrogen-bond donors (Lipinski definition) is 0. The highest BCUT2D eigenvalue weighted by Crippen LogP contribution is 2.32. The lowest BCUT2D eigenvalue weighted by atomic mass is 10.1. The molecule has 0 radical (unpaired) electrons. The number of amides is 1. The summed E-state index contributed by atoms with van der Waals surface area (Å²) in [6.45, 7) is 5.97. The van der Waals surface area contributed by atoms with Crippen molar-refractivity contribution < 1.29 is 9.18 Å². The minimum atomic E-state index is -0.289. The SMILES string of the molecule is CC(=O)N(Cc1ccc(F)cc1)c1nccc2c1c(C)c(C)n2C.Cl. The largest absolute Gasteiger partial charge is 0.348 e. The van der Waals surface area contributed by atoms with Gasteiger partial charge in [-0.2, -0.15) is 0 Å². The highest BCUT2D eigenvalue weighted by molar-refractivity contribution is 6.02. The molecule has 0 aliphatic rings. The maximum atomic E-state index is 13.1. The molecule has 0 saturated heterocycles. The molecule has 0 saturated carbocycles. The lowest BCUT2D eigenvalue weighted by Gasteiger charge is -2.21. The Morgan fingerprint density at radius 2 is 1.84 bits per heavy atom. The number of nitrogens with zero attached hydrogens (tertiary/aromatic N) is 3. The molecule has 0 N–H and O–H groups in total. The van der Waals surface area contributed by atoms with Crippen LogP contribution in [-0.2, 0) is 18.4 Å². The monoisotopic (exact) mass is 361 g/mol. The highest BCUT2D eigenvalue weighted by Gasteiger charge is 2.20. The summed E-state index contributed by atoms with van der Waals surface area (Å²) in [4.78, 5) is 18.4. The second kappa shape index (κ2) is 7.23. The lowest BCUT2D eigenvalue weighted by molar-refractivity contribution is -0.116. The lowest BCUT2D eigenvalue weighted by Crippen LogP contribution is -2.29. The Balaban J connectivity index is 0.00000225. The summed E-state index contributed by atoms with van der Waals surface area (Å²) in [5.74, 6) is 0.258. The van der Waals surface area contributed by atoms with Crippen molar-refractivity contribution in [3.63, 3.8) is 0 Å². The Kier molecular flexibility index (Phi) is 5.48. The fourth-order valence-electron chi connectivity index (χ4n) is 3.01. The zero-order valence-electron chi connectivity index (χ0n) is 14.7. The zero-order valence-corrected chi connectivity index (χ0v) is 15.5. The van der Waals surface area contributed by atoms with Crippen LogP contribution in [0.1, 0.15) is 23.7 Å². The Hall–Kier alpha value is -2.40. The first-order valence-electron chi connectivity index (χ1n) is 7.83. The quantitative estimate of drug-likeness (QED) is 0.697. The van der Waals surface area contributed by atoms with Crippen LogP contribution in [-0.4, -0.2) is 15.5 Å². The molecule has 6 heteroatoms. The van der Waals surface area contributed by atoms with Crippen LogP contribution in [0.2, 0.25) is 0 Å². The average Bonchev–Trinajstić information content (AvgIpc) is 2.79. The number of aromatic nitrogens is 2. The number of carbonyl (C=O) groups excluding carboxylic acids is 1. The van der Waals surface area contributed by atoms with E-state index in [1.54, 1.807) is 23.2 Å². The van der Waals surface area contributed by atoms with Gasteiger partial charge in [0.05, 0.1) is 12.1 Å². The van der Waals surface area contributed by atoms with E-state index in [-0.39, 0.29) is 24.1 Å². The van der Waals surface area contributed by atoms with Gasteiger partial charge in [0.15, 0.2) is 0 Å². The first-order chi connectivity index (χ1) is 11.4. The number of aryl methyl sites for hydroxylation is 2. The van der Waals surface area contributed by atoms with Gasteiger partial charge >= 0.3 is 0 Å². The normalized spacial score (nSPS) is 10.6. The summed E-state index contributed by atoms with van der Waals surface area (Å²) >= 11 is 0. The van der Waals surface area contributed by atoms with Gasteiger partial charge in [-0.3, -0.25) is 9.69 Å². The number of carbonyl (C=O) groups is 1. The van der Waals surface area contributed by atoms with Crippen molar-refractivity contribution in [2.45, 2.75) is 27.3 Å². The zero-order chi connectivity index (χ0) is 17.4. The smallest absolute Gasteiger partial charge is 0.225 e. The van der Waals surface area contributed by atoms with Gasteiger partial charge in [-0.05, 0) is 43.2 Å². The van der Waals surface area contributed by atoms with Crippen LogP contribution in [0.3, 0.4) is 0 Å². The fourth-order valence-corrected chi connectivity index (χ4v) is 3.01. The second-order valence-corrected chi connectivity index (χ2v) is 6.03. The summed E-state index contributed by atoms with van der Waals surface area (Å²) in [5, 5.41) is 0.981. The van der Waals surface area contributed by atoms with E-state index >= 15 is 0 Å². The predicted molar refractivity (Wildman–Crippen MR) is 101 cm³/mol. The highest BCUT2D eigenvalue weighted by atomic mass is 35.5. The number of fused-ring (bicyclic) bond motifs is 1. The van der Waals surface area contributed by atoms with E-state index in [0.717, 1.165) is 27.7 Å². The second-order valence-electron chi connectivity index (χ2n) is 6.03. The van der Waals surface area contributed by atoms with Gasteiger partial charge in [0.1, 0.15) is 11.6 Å².